The summed E-state index contributed by atoms with van der Waals surface area (Å²) in [4.78, 5) is 26.1. The van der Waals surface area contributed by atoms with Crippen LogP contribution in [0.4, 0.5) is 9.59 Å². The molecule has 2 fully saturated rings. The number of nitrogens with zero attached hydrogens (tertiary/aromatic N) is 1. The van der Waals surface area contributed by atoms with Crippen LogP contribution in [0, 0.1) is 0 Å². The minimum atomic E-state index is -0.508. The Morgan fingerprint density at radius 1 is 1.13 bits per heavy atom. The number of rotatable bonds is 7. The van der Waals surface area contributed by atoms with E-state index < -0.39 is 5.60 Å². The summed E-state index contributed by atoms with van der Waals surface area (Å²) in [5.41, 5.74) is -0.508. The molecule has 1 aliphatic heterocycles. The van der Waals surface area contributed by atoms with Crippen molar-refractivity contribution in [3.05, 3.63) is 0 Å². The van der Waals surface area contributed by atoms with Crippen molar-refractivity contribution in [3.63, 3.8) is 0 Å². The van der Waals surface area contributed by atoms with Crippen LogP contribution in [0.1, 0.15) is 59.8 Å². The molecule has 10 nitrogen and oxygen atoms in total. The SMILES string of the molecule is COC1CCCC(NC(=O)NC2NC(C)CC(NCCN(C)C(=O)OC(C)(C)C)N2)C1. The zero-order chi connectivity index (χ0) is 23.0. The Morgan fingerprint density at radius 2 is 1.87 bits per heavy atom. The van der Waals surface area contributed by atoms with Crippen molar-refractivity contribution < 1.29 is 19.1 Å². The molecule has 5 unspecified atom stereocenters. The summed E-state index contributed by atoms with van der Waals surface area (Å²) in [6, 6.07) is 0.168. The van der Waals surface area contributed by atoms with E-state index in [1.54, 1.807) is 19.1 Å². The van der Waals surface area contributed by atoms with E-state index in [1.807, 2.05) is 20.8 Å². The van der Waals surface area contributed by atoms with Crippen LogP contribution in [-0.4, -0.2) is 80.5 Å². The Kier molecular flexibility index (Phi) is 9.80. The maximum absolute atomic E-state index is 12.5. The molecule has 0 radical (unpaired) electrons. The van der Waals surface area contributed by atoms with Crippen molar-refractivity contribution in [1.82, 2.24) is 31.5 Å². The van der Waals surface area contributed by atoms with Crippen LogP contribution in [0.25, 0.3) is 0 Å². The molecular weight excluding hydrogens is 400 g/mol. The third-order valence-electron chi connectivity index (χ3n) is 5.52. The first kappa shape index (κ1) is 25.6. The van der Waals surface area contributed by atoms with E-state index in [9.17, 15) is 9.59 Å². The fraction of sp³-hybridized carbons (Fsp3) is 0.905. The van der Waals surface area contributed by atoms with Crippen LogP contribution >= 0.6 is 0 Å². The Labute approximate surface area is 186 Å². The molecule has 10 heteroatoms. The predicted octanol–water partition coefficient (Wildman–Crippen LogP) is 1.28. The highest BCUT2D eigenvalue weighted by atomic mass is 16.6. The highest BCUT2D eigenvalue weighted by molar-refractivity contribution is 5.74. The fourth-order valence-electron chi connectivity index (χ4n) is 3.93. The summed E-state index contributed by atoms with van der Waals surface area (Å²) in [6.45, 7) is 8.77. The lowest BCUT2D eigenvalue weighted by molar-refractivity contribution is 0.0297. The summed E-state index contributed by atoms with van der Waals surface area (Å²) in [6.07, 6.45) is 4.35. The quantitative estimate of drug-likeness (QED) is 0.403. The highest BCUT2D eigenvalue weighted by Crippen LogP contribution is 2.20. The molecule has 0 aromatic heterocycles. The monoisotopic (exact) mass is 442 g/mol. The second kappa shape index (κ2) is 11.8. The van der Waals surface area contributed by atoms with Crippen molar-refractivity contribution in [1.29, 1.82) is 0 Å². The van der Waals surface area contributed by atoms with Gasteiger partial charge in [0.05, 0.1) is 12.3 Å². The second-order valence-electron chi connectivity index (χ2n) is 9.65. The van der Waals surface area contributed by atoms with Crippen LogP contribution < -0.4 is 26.6 Å². The van der Waals surface area contributed by atoms with E-state index in [4.69, 9.17) is 9.47 Å². The number of nitrogens with one attached hydrogen (secondary N) is 5. The highest BCUT2D eigenvalue weighted by Gasteiger charge is 2.28. The number of urea groups is 1. The number of carbonyl (C=O) groups excluding carboxylic acids is 2. The predicted molar refractivity (Wildman–Crippen MR) is 120 cm³/mol. The van der Waals surface area contributed by atoms with Gasteiger partial charge in [0.15, 0.2) is 0 Å². The van der Waals surface area contributed by atoms with Gasteiger partial charge in [0.1, 0.15) is 11.9 Å². The van der Waals surface area contributed by atoms with Gasteiger partial charge in [0, 0.05) is 39.3 Å². The summed E-state index contributed by atoms with van der Waals surface area (Å²) in [7, 11) is 3.45. The molecule has 1 heterocycles. The molecular formula is C21H42N6O4. The van der Waals surface area contributed by atoms with Crippen LogP contribution in [0.3, 0.4) is 0 Å². The largest absolute Gasteiger partial charge is 0.444 e. The first-order valence-corrected chi connectivity index (χ1v) is 11.3. The van der Waals surface area contributed by atoms with Crippen molar-refractivity contribution in [2.45, 2.75) is 96.0 Å². The van der Waals surface area contributed by atoms with Gasteiger partial charge in [-0.05, 0) is 59.8 Å². The van der Waals surface area contributed by atoms with E-state index in [0.29, 0.717) is 13.1 Å². The Hall–Kier alpha value is -1.62. The van der Waals surface area contributed by atoms with Gasteiger partial charge < -0.3 is 25.0 Å². The Balaban J connectivity index is 1.72. The molecule has 1 saturated carbocycles. The van der Waals surface area contributed by atoms with Crippen molar-refractivity contribution in [3.8, 4) is 0 Å². The number of amides is 3. The minimum Gasteiger partial charge on any atom is -0.444 e. The molecule has 5 atom stereocenters. The number of methoxy groups -OCH3 is 1. The third kappa shape index (κ3) is 9.59. The molecule has 180 valence electrons. The molecule has 0 spiro atoms. The van der Waals surface area contributed by atoms with Crippen molar-refractivity contribution in [2.75, 3.05) is 27.2 Å². The van der Waals surface area contributed by atoms with E-state index >= 15 is 0 Å². The zero-order valence-corrected chi connectivity index (χ0v) is 19.9. The number of carbonyl (C=O) groups is 2. The summed E-state index contributed by atoms with van der Waals surface area (Å²) in [5.74, 6) is 0. The smallest absolute Gasteiger partial charge is 0.410 e. The number of likely N-dealkylation sites (N-methyl/N-ethyl adjacent to an activating group) is 1. The molecule has 2 aliphatic rings. The summed E-state index contributed by atoms with van der Waals surface area (Å²) in [5, 5.41) is 16.1. The molecule has 1 saturated heterocycles. The summed E-state index contributed by atoms with van der Waals surface area (Å²) >= 11 is 0. The fourth-order valence-corrected chi connectivity index (χ4v) is 3.93. The normalized spacial score (nSPS) is 29.2. The standard InChI is InChI=1S/C21H42N6O4/c1-14-12-17(22-10-11-27(5)20(29)31-21(2,3)4)25-18(23-14)26-19(28)24-15-8-7-9-16(13-15)30-6/h14-18,22-23,25H,7-13H2,1-6H3,(H2,24,26,28). The molecule has 0 aromatic rings. The van der Waals surface area contributed by atoms with E-state index in [2.05, 4.69) is 33.5 Å². The molecule has 2 rings (SSSR count). The van der Waals surface area contributed by atoms with Gasteiger partial charge in [0.25, 0.3) is 0 Å². The minimum absolute atomic E-state index is 0.0149. The van der Waals surface area contributed by atoms with Crippen LogP contribution in [0.5, 0.6) is 0 Å². The maximum Gasteiger partial charge on any atom is 0.410 e. The second-order valence-corrected chi connectivity index (χ2v) is 9.65. The van der Waals surface area contributed by atoms with E-state index in [1.165, 1.54) is 0 Å². The number of ether oxygens (including phenoxy) is 2. The molecule has 1 aliphatic carbocycles. The average Bonchev–Trinajstić information content (AvgIpc) is 2.66. The zero-order valence-electron chi connectivity index (χ0n) is 19.9. The molecule has 0 bridgehead atoms. The first-order chi connectivity index (χ1) is 14.6. The maximum atomic E-state index is 12.5. The van der Waals surface area contributed by atoms with Gasteiger partial charge >= 0.3 is 12.1 Å². The van der Waals surface area contributed by atoms with Gasteiger partial charge in [-0.15, -0.1) is 0 Å². The lowest BCUT2D eigenvalue weighted by Crippen LogP contribution is -2.68. The van der Waals surface area contributed by atoms with Crippen LogP contribution in [0.15, 0.2) is 0 Å². The lowest BCUT2D eigenvalue weighted by Gasteiger charge is -2.37. The first-order valence-electron chi connectivity index (χ1n) is 11.3. The average molecular weight is 443 g/mol. The third-order valence-corrected chi connectivity index (χ3v) is 5.52. The Morgan fingerprint density at radius 3 is 2.55 bits per heavy atom. The Bertz CT molecular complexity index is 585. The van der Waals surface area contributed by atoms with Gasteiger partial charge in [-0.1, -0.05) is 0 Å². The van der Waals surface area contributed by atoms with Gasteiger partial charge in [-0.25, -0.2) is 9.59 Å². The lowest BCUT2D eigenvalue weighted by atomic mass is 9.93. The van der Waals surface area contributed by atoms with Gasteiger partial charge in [-0.2, -0.15) is 0 Å². The van der Waals surface area contributed by atoms with Gasteiger partial charge in [0.2, 0.25) is 0 Å². The number of hydrogen-bond acceptors (Lipinski definition) is 7. The van der Waals surface area contributed by atoms with Crippen LogP contribution in [-0.2, 0) is 9.47 Å². The van der Waals surface area contributed by atoms with Crippen LogP contribution in [0.2, 0.25) is 0 Å². The van der Waals surface area contributed by atoms with E-state index in [0.717, 1.165) is 32.1 Å². The molecule has 3 amide bonds. The molecule has 31 heavy (non-hydrogen) atoms. The summed E-state index contributed by atoms with van der Waals surface area (Å²) < 4.78 is 10.8. The topological polar surface area (TPSA) is 116 Å². The molecule has 0 aromatic carbocycles. The van der Waals surface area contributed by atoms with Crippen molar-refractivity contribution >= 4 is 12.1 Å². The number of hydrogen-bond donors (Lipinski definition) is 5. The molecule has 5 N–H and O–H groups in total. The van der Waals surface area contributed by atoms with E-state index in [-0.39, 0.29) is 42.8 Å². The van der Waals surface area contributed by atoms with Crippen molar-refractivity contribution in [2.24, 2.45) is 0 Å². The van der Waals surface area contributed by atoms with Gasteiger partial charge in [-0.3, -0.25) is 16.0 Å².